The van der Waals surface area contributed by atoms with Gasteiger partial charge in [-0.05, 0) is 57.5 Å². The molecule has 3 rings (SSSR count). The Bertz CT molecular complexity index is 389. The van der Waals surface area contributed by atoms with Gasteiger partial charge in [-0.1, -0.05) is 6.92 Å². The van der Waals surface area contributed by atoms with E-state index in [0.29, 0.717) is 6.04 Å². The van der Waals surface area contributed by atoms with E-state index in [1.165, 1.54) is 51.6 Å². The summed E-state index contributed by atoms with van der Waals surface area (Å²) in [4.78, 5) is 9.66. The Labute approximate surface area is 141 Å². The van der Waals surface area contributed by atoms with E-state index in [9.17, 15) is 0 Å². The predicted molar refractivity (Wildman–Crippen MR) is 97.0 cm³/mol. The quantitative estimate of drug-likeness (QED) is 0.499. The molecule has 5 heteroatoms. The molecule has 0 aromatic heterocycles. The molecule has 132 valence electrons. The van der Waals surface area contributed by atoms with Crippen LogP contribution in [0.1, 0.15) is 45.4 Å². The first-order valence-corrected chi connectivity index (χ1v) is 9.72. The predicted octanol–water partition coefficient (Wildman–Crippen LogP) is 1.51. The van der Waals surface area contributed by atoms with Gasteiger partial charge in [-0.15, -0.1) is 0 Å². The SMILES string of the molecule is CCN1CCCC1CNC(=NC)NCCN(CC1CC1)C1CC1. The lowest BCUT2D eigenvalue weighted by Crippen LogP contribution is -2.46. The first kappa shape index (κ1) is 17.0. The van der Waals surface area contributed by atoms with E-state index < -0.39 is 0 Å². The van der Waals surface area contributed by atoms with E-state index in [-0.39, 0.29) is 0 Å². The number of hydrogen-bond acceptors (Lipinski definition) is 3. The molecule has 2 aliphatic carbocycles. The fourth-order valence-corrected chi connectivity index (χ4v) is 3.79. The zero-order chi connectivity index (χ0) is 16.1. The van der Waals surface area contributed by atoms with Crippen LogP contribution in [0.15, 0.2) is 4.99 Å². The maximum absolute atomic E-state index is 4.39. The lowest BCUT2D eigenvalue weighted by molar-refractivity contribution is 0.255. The van der Waals surface area contributed by atoms with E-state index in [2.05, 4.69) is 32.3 Å². The Balaban J connectivity index is 1.34. The van der Waals surface area contributed by atoms with Crippen molar-refractivity contribution in [1.29, 1.82) is 0 Å². The molecule has 1 atom stereocenters. The van der Waals surface area contributed by atoms with Crippen molar-refractivity contribution in [3.05, 3.63) is 0 Å². The highest BCUT2D eigenvalue weighted by atomic mass is 15.2. The summed E-state index contributed by atoms with van der Waals surface area (Å²) in [5.74, 6) is 1.96. The molecule has 0 bridgehead atoms. The third-order valence-corrected chi connectivity index (χ3v) is 5.58. The Morgan fingerprint density at radius 3 is 2.65 bits per heavy atom. The van der Waals surface area contributed by atoms with Gasteiger partial charge in [0.25, 0.3) is 0 Å². The third-order valence-electron chi connectivity index (χ3n) is 5.58. The minimum Gasteiger partial charge on any atom is -0.355 e. The van der Waals surface area contributed by atoms with E-state index in [4.69, 9.17) is 0 Å². The van der Waals surface area contributed by atoms with Gasteiger partial charge < -0.3 is 10.6 Å². The van der Waals surface area contributed by atoms with Crippen LogP contribution in [-0.2, 0) is 0 Å². The van der Waals surface area contributed by atoms with Crippen LogP contribution in [0.5, 0.6) is 0 Å². The largest absolute Gasteiger partial charge is 0.355 e. The topological polar surface area (TPSA) is 42.9 Å². The molecule has 2 N–H and O–H groups in total. The molecule has 1 unspecified atom stereocenters. The molecule has 1 heterocycles. The van der Waals surface area contributed by atoms with Crippen LogP contribution in [-0.4, -0.2) is 74.2 Å². The van der Waals surface area contributed by atoms with Crippen molar-refractivity contribution in [2.45, 2.75) is 57.5 Å². The maximum Gasteiger partial charge on any atom is 0.191 e. The van der Waals surface area contributed by atoms with Crippen molar-refractivity contribution in [3.63, 3.8) is 0 Å². The summed E-state index contributed by atoms with van der Waals surface area (Å²) in [5, 5.41) is 7.04. The Hall–Kier alpha value is -0.810. The van der Waals surface area contributed by atoms with Gasteiger partial charge in [0.1, 0.15) is 0 Å². The molecule has 2 saturated carbocycles. The molecule has 0 amide bonds. The van der Waals surface area contributed by atoms with E-state index in [1.807, 2.05) is 7.05 Å². The number of nitrogens with zero attached hydrogens (tertiary/aromatic N) is 3. The van der Waals surface area contributed by atoms with Gasteiger partial charge in [0.2, 0.25) is 0 Å². The molecule has 3 fully saturated rings. The van der Waals surface area contributed by atoms with Crippen molar-refractivity contribution >= 4 is 5.96 Å². The average molecular weight is 322 g/mol. The third kappa shape index (κ3) is 5.35. The number of aliphatic imine (C=N–C) groups is 1. The number of hydrogen-bond donors (Lipinski definition) is 2. The van der Waals surface area contributed by atoms with Gasteiger partial charge >= 0.3 is 0 Å². The summed E-state index contributed by atoms with van der Waals surface area (Å²) in [6.45, 7) is 9.19. The van der Waals surface area contributed by atoms with E-state index in [1.54, 1.807) is 0 Å². The molecule has 0 aromatic carbocycles. The molecule has 5 nitrogen and oxygen atoms in total. The molecule has 0 radical (unpaired) electrons. The summed E-state index contributed by atoms with van der Waals surface area (Å²) < 4.78 is 0. The first-order chi connectivity index (χ1) is 11.3. The number of likely N-dealkylation sites (N-methyl/N-ethyl adjacent to an activating group) is 1. The summed E-state index contributed by atoms with van der Waals surface area (Å²) in [5.41, 5.74) is 0. The van der Waals surface area contributed by atoms with Gasteiger partial charge in [0.05, 0.1) is 0 Å². The second-order valence-corrected chi connectivity index (χ2v) is 7.47. The van der Waals surface area contributed by atoms with Gasteiger partial charge in [0, 0.05) is 45.3 Å². The molecular weight excluding hydrogens is 286 g/mol. The number of rotatable bonds is 9. The van der Waals surface area contributed by atoms with E-state index in [0.717, 1.165) is 44.1 Å². The molecular formula is C18H35N5. The number of nitrogens with one attached hydrogen (secondary N) is 2. The lowest BCUT2D eigenvalue weighted by Gasteiger charge is -2.25. The van der Waals surface area contributed by atoms with Gasteiger partial charge in [-0.2, -0.15) is 0 Å². The molecule has 0 aromatic rings. The highest BCUT2D eigenvalue weighted by Crippen LogP contribution is 2.34. The fourth-order valence-electron chi connectivity index (χ4n) is 3.79. The maximum atomic E-state index is 4.39. The normalized spacial score (nSPS) is 26.0. The van der Waals surface area contributed by atoms with Crippen LogP contribution in [0.25, 0.3) is 0 Å². The van der Waals surface area contributed by atoms with Crippen molar-refractivity contribution in [2.24, 2.45) is 10.9 Å². The van der Waals surface area contributed by atoms with Crippen LogP contribution in [0, 0.1) is 5.92 Å². The van der Waals surface area contributed by atoms with Crippen LogP contribution in [0.3, 0.4) is 0 Å². The second kappa shape index (κ2) is 8.34. The monoisotopic (exact) mass is 321 g/mol. The van der Waals surface area contributed by atoms with Gasteiger partial charge in [-0.25, -0.2) is 0 Å². The first-order valence-electron chi connectivity index (χ1n) is 9.72. The van der Waals surface area contributed by atoms with Crippen molar-refractivity contribution in [1.82, 2.24) is 20.4 Å². The zero-order valence-electron chi connectivity index (χ0n) is 15.1. The van der Waals surface area contributed by atoms with Crippen LogP contribution >= 0.6 is 0 Å². The molecule has 1 aliphatic heterocycles. The standard InChI is InChI=1S/C18H35N5/c1-3-22-11-4-5-17(22)13-21-18(19-2)20-10-12-23(16-8-9-16)14-15-6-7-15/h15-17H,3-14H2,1-2H3,(H2,19,20,21). The van der Waals surface area contributed by atoms with E-state index >= 15 is 0 Å². The van der Waals surface area contributed by atoms with Gasteiger partial charge in [-0.3, -0.25) is 14.8 Å². The van der Waals surface area contributed by atoms with Crippen LogP contribution in [0.4, 0.5) is 0 Å². The Morgan fingerprint density at radius 2 is 2.00 bits per heavy atom. The fraction of sp³-hybridized carbons (Fsp3) is 0.944. The Morgan fingerprint density at radius 1 is 1.17 bits per heavy atom. The summed E-state index contributed by atoms with van der Waals surface area (Å²) in [6, 6.07) is 1.56. The van der Waals surface area contributed by atoms with Crippen molar-refractivity contribution in [3.8, 4) is 0 Å². The van der Waals surface area contributed by atoms with Crippen LogP contribution < -0.4 is 10.6 Å². The van der Waals surface area contributed by atoms with Gasteiger partial charge in [0.15, 0.2) is 5.96 Å². The lowest BCUT2D eigenvalue weighted by atomic mass is 10.2. The van der Waals surface area contributed by atoms with Crippen molar-refractivity contribution < 1.29 is 0 Å². The second-order valence-electron chi connectivity index (χ2n) is 7.47. The Kier molecular flexibility index (Phi) is 6.17. The minimum absolute atomic E-state index is 0.677. The molecule has 1 saturated heterocycles. The minimum atomic E-state index is 0.677. The highest BCUT2D eigenvalue weighted by molar-refractivity contribution is 5.79. The van der Waals surface area contributed by atoms with Crippen LogP contribution in [0.2, 0.25) is 0 Å². The van der Waals surface area contributed by atoms with Crippen molar-refractivity contribution in [2.75, 3.05) is 46.3 Å². The zero-order valence-corrected chi connectivity index (χ0v) is 15.1. The molecule has 3 aliphatic rings. The highest BCUT2D eigenvalue weighted by Gasteiger charge is 2.33. The molecule has 0 spiro atoms. The number of guanidine groups is 1. The summed E-state index contributed by atoms with van der Waals surface area (Å²) >= 11 is 0. The summed E-state index contributed by atoms with van der Waals surface area (Å²) in [7, 11) is 1.88. The smallest absolute Gasteiger partial charge is 0.191 e. The molecule has 23 heavy (non-hydrogen) atoms. The number of likely N-dealkylation sites (tertiary alicyclic amines) is 1. The average Bonchev–Trinajstić information content (AvgIpc) is 3.48. The summed E-state index contributed by atoms with van der Waals surface area (Å²) in [6.07, 6.45) is 8.38.